The quantitative estimate of drug-likeness (QED) is 0.639. The second-order valence-corrected chi connectivity index (χ2v) is 3.37. The molecule has 0 bridgehead atoms. The molecule has 0 spiro atoms. The van der Waals surface area contributed by atoms with E-state index in [0.29, 0.717) is 12.1 Å². The summed E-state index contributed by atoms with van der Waals surface area (Å²) >= 11 is 3.23. The lowest BCUT2D eigenvalue weighted by Gasteiger charge is -2.04. The molecule has 1 rings (SSSR count). The van der Waals surface area contributed by atoms with E-state index in [0.717, 1.165) is 17.9 Å². The molecule has 0 saturated carbocycles. The zero-order valence-corrected chi connectivity index (χ0v) is 8.57. The minimum absolute atomic E-state index is 0.356. The molecule has 0 atom stereocenters. The van der Waals surface area contributed by atoms with Gasteiger partial charge in [0.15, 0.2) is 11.6 Å². The van der Waals surface area contributed by atoms with Crippen molar-refractivity contribution in [1.82, 2.24) is 5.32 Å². The first-order chi connectivity index (χ1) is 6.25. The molecule has 0 amide bonds. The van der Waals surface area contributed by atoms with Crippen molar-refractivity contribution < 1.29 is 8.78 Å². The maximum absolute atomic E-state index is 13.0. The standard InChI is InChI=1S/C9H10BrF2N/c10-4-5-13-6-7-2-1-3-8(11)9(7)12/h1-3,13H,4-6H2. The van der Waals surface area contributed by atoms with Crippen LogP contribution < -0.4 is 5.32 Å². The van der Waals surface area contributed by atoms with Gasteiger partial charge in [0, 0.05) is 24.0 Å². The second-order valence-electron chi connectivity index (χ2n) is 2.58. The van der Waals surface area contributed by atoms with Crippen LogP contribution in [0.5, 0.6) is 0 Å². The van der Waals surface area contributed by atoms with Gasteiger partial charge >= 0.3 is 0 Å². The van der Waals surface area contributed by atoms with E-state index >= 15 is 0 Å². The van der Waals surface area contributed by atoms with E-state index < -0.39 is 11.6 Å². The summed E-state index contributed by atoms with van der Waals surface area (Å²) in [6.45, 7) is 1.09. The van der Waals surface area contributed by atoms with E-state index in [1.807, 2.05) is 0 Å². The van der Waals surface area contributed by atoms with Gasteiger partial charge in [-0.3, -0.25) is 0 Å². The lowest BCUT2D eigenvalue weighted by molar-refractivity contribution is 0.494. The third kappa shape index (κ3) is 3.04. The van der Waals surface area contributed by atoms with Crippen LogP contribution in [0.4, 0.5) is 8.78 Å². The summed E-state index contributed by atoms with van der Waals surface area (Å²) < 4.78 is 25.7. The first-order valence-electron chi connectivity index (χ1n) is 3.95. The molecule has 0 aromatic heterocycles. The Morgan fingerprint density at radius 3 is 2.77 bits per heavy atom. The Labute approximate surface area is 84.3 Å². The Kier molecular flexibility index (Phi) is 4.32. The highest BCUT2D eigenvalue weighted by Gasteiger charge is 2.05. The van der Waals surface area contributed by atoms with Crippen molar-refractivity contribution in [3.05, 3.63) is 35.4 Å². The molecular formula is C9H10BrF2N. The average Bonchev–Trinajstić information content (AvgIpc) is 2.13. The van der Waals surface area contributed by atoms with E-state index in [1.54, 1.807) is 6.07 Å². The number of hydrogen-bond donors (Lipinski definition) is 1. The van der Waals surface area contributed by atoms with Crippen LogP contribution in [0.2, 0.25) is 0 Å². The first kappa shape index (κ1) is 10.6. The fraction of sp³-hybridized carbons (Fsp3) is 0.333. The minimum Gasteiger partial charge on any atom is -0.312 e. The molecule has 0 radical (unpaired) electrons. The molecule has 0 aliphatic rings. The van der Waals surface area contributed by atoms with Crippen LogP contribution in [0, 0.1) is 11.6 Å². The van der Waals surface area contributed by atoms with Crippen molar-refractivity contribution in [2.75, 3.05) is 11.9 Å². The third-order valence-corrected chi connectivity index (χ3v) is 2.01. The lowest BCUT2D eigenvalue weighted by Crippen LogP contribution is -2.16. The van der Waals surface area contributed by atoms with E-state index in [4.69, 9.17) is 0 Å². The number of nitrogens with one attached hydrogen (secondary N) is 1. The van der Waals surface area contributed by atoms with Gasteiger partial charge in [0.1, 0.15) is 0 Å². The van der Waals surface area contributed by atoms with Gasteiger partial charge in [-0.1, -0.05) is 28.1 Å². The Bertz CT molecular complexity index is 278. The molecule has 72 valence electrons. The molecule has 13 heavy (non-hydrogen) atoms. The van der Waals surface area contributed by atoms with Gasteiger partial charge in [-0.2, -0.15) is 0 Å². The molecular weight excluding hydrogens is 240 g/mol. The van der Waals surface area contributed by atoms with Crippen LogP contribution in [0.1, 0.15) is 5.56 Å². The first-order valence-corrected chi connectivity index (χ1v) is 5.07. The monoisotopic (exact) mass is 249 g/mol. The van der Waals surface area contributed by atoms with Gasteiger partial charge in [0.2, 0.25) is 0 Å². The highest BCUT2D eigenvalue weighted by molar-refractivity contribution is 9.09. The smallest absolute Gasteiger partial charge is 0.163 e. The van der Waals surface area contributed by atoms with Crippen LogP contribution in [-0.2, 0) is 6.54 Å². The topological polar surface area (TPSA) is 12.0 Å². The van der Waals surface area contributed by atoms with Crippen molar-refractivity contribution in [3.8, 4) is 0 Å². The van der Waals surface area contributed by atoms with Gasteiger partial charge in [-0.15, -0.1) is 0 Å². The molecule has 1 nitrogen and oxygen atoms in total. The summed E-state index contributed by atoms with van der Waals surface area (Å²) in [7, 11) is 0. The number of alkyl halides is 1. The number of hydrogen-bond acceptors (Lipinski definition) is 1. The van der Waals surface area contributed by atoms with Crippen molar-refractivity contribution in [1.29, 1.82) is 0 Å². The van der Waals surface area contributed by atoms with Gasteiger partial charge in [0.25, 0.3) is 0 Å². The Morgan fingerprint density at radius 1 is 1.31 bits per heavy atom. The molecule has 0 aliphatic heterocycles. The van der Waals surface area contributed by atoms with Crippen LogP contribution in [0.3, 0.4) is 0 Å². The second kappa shape index (κ2) is 5.29. The number of halogens is 3. The van der Waals surface area contributed by atoms with Crippen LogP contribution in [0.15, 0.2) is 18.2 Å². The molecule has 0 unspecified atom stereocenters. The Morgan fingerprint density at radius 2 is 2.08 bits per heavy atom. The van der Waals surface area contributed by atoms with Gasteiger partial charge in [-0.05, 0) is 6.07 Å². The minimum atomic E-state index is -0.793. The zero-order valence-electron chi connectivity index (χ0n) is 6.99. The largest absolute Gasteiger partial charge is 0.312 e. The zero-order chi connectivity index (χ0) is 9.68. The van der Waals surface area contributed by atoms with Crippen molar-refractivity contribution in [2.24, 2.45) is 0 Å². The molecule has 1 N–H and O–H groups in total. The van der Waals surface area contributed by atoms with Crippen LogP contribution in [0.25, 0.3) is 0 Å². The van der Waals surface area contributed by atoms with Gasteiger partial charge in [0.05, 0.1) is 0 Å². The summed E-state index contributed by atoms with van der Waals surface area (Å²) in [5, 5.41) is 3.76. The van der Waals surface area contributed by atoms with E-state index in [2.05, 4.69) is 21.2 Å². The maximum Gasteiger partial charge on any atom is 0.163 e. The molecule has 0 fully saturated rings. The molecule has 1 aromatic carbocycles. The summed E-state index contributed by atoms with van der Waals surface area (Å²) in [5.74, 6) is -1.55. The van der Waals surface area contributed by atoms with Crippen molar-refractivity contribution >= 4 is 15.9 Å². The molecule has 0 aliphatic carbocycles. The van der Waals surface area contributed by atoms with E-state index in [-0.39, 0.29) is 0 Å². The van der Waals surface area contributed by atoms with Crippen LogP contribution in [-0.4, -0.2) is 11.9 Å². The van der Waals surface area contributed by atoms with Crippen LogP contribution >= 0.6 is 15.9 Å². The van der Waals surface area contributed by atoms with E-state index in [1.165, 1.54) is 6.07 Å². The summed E-state index contributed by atoms with van der Waals surface area (Å²) in [6.07, 6.45) is 0. The summed E-state index contributed by atoms with van der Waals surface area (Å²) in [6, 6.07) is 4.19. The number of benzene rings is 1. The highest BCUT2D eigenvalue weighted by atomic mass is 79.9. The third-order valence-electron chi connectivity index (χ3n) is 1.62. The molecule has 1 aromatic rings. The average molecular weight is 250 g/mol. The SMILES string of the molecule is Fc1cccc(CNCCBr)c1F. The normalized spacial score (nSPS) is 10.4. The predicted molar refractivity (Wildman–Crippen MR) is 51.9 cm³/mol. The molecule has 0 heterocycles. The summed E-state index contributed by atoms with van der Waals surface area (Å²) in [4.78, 5) is 0. The summed E-state index contributed by atoms with van der Waals surface area (Å²) in [5.41, 5.74) is 0.362. The van der Waals surface area contributed by atoms with E-state index in [9.17, 15) is 8.78 Å². The van der Waals surface area contributed by atoms with Gasteiger partial charge < -0.3 is 5.32 Å². The van der Waals surface area contributed by atoms with Crippen molar-refractivity contribution in [3.63, 3.8) is 0 Å². The molecule has 4 heteroatoms. The maximum atomic E-state index is 13.0. The predicted octanol–water partition coefficient (Wildman–Crippen LogP) is 2.45. The fourth-order valence-corrected chi connectivity index (χ4v) is 1.26. The Balaban J connectivity index is 2.61. The molecule has 0 saturated heterocycles. The highest BCUT2D eigenvalue weighted by Crippen LogP contribution is 2.10. The Hall–Kier alpha value is -0.480. The lowest BCUT2D eigenvalue weighted by atomic mass is 10.2. The fourth-order valence-electron chi connectivity index (χ4n) is 0.975. The van der Waals surface area contributed by atoms with Crippen molar-refractivity contribution in [2.45, 2.75) is 6.54 Å². The number of rotatable bonds is 4. The van der Waals surface area contributed by atoms with Gasteiger partial charge in [-0.25, -0.2) is 8.78 Å².